The first kappa shape index (κ1) is 25.2. The van der Waals surface area contributed by atoms with Crippen molar-refractivity contribution in [2.24, 2.45) is 0 Å². The van der Waals surface area contributed by atoms with Crippen molar-refractivity contribution in [1.82, 2.24) is 10.0 Å². The van der Waals surface area contributed by atoms with Crippen LogP contribution in [0.1, 0.15) is 24.1 Å². The second-order valence-corrected chi connectivity index (χ2v) is 10.5. The number of hydrogen-bond donors (Lipinski definition) is 2. The minimum Gasteiger partial charge on any atom is -0.495 e. The Morgan fingerprint density at radius 2 is 1.73 bits per heavy atom. The predicted octanol–water partition coefficient (Wildman–Crippen LogP) is 4.88. The van der Waals surface area contributed by atoms with E-state index in [1.165, 1.54) is 25.3 Å². The minimum absolute atomic E-state index is 0.0554. The molecule has 9 heteroatoms. The van der Waals surface area contributed by atoms with E-state index in [-0.39, 0.29) is 22.4 Å². The molecule has 0 aliphatic heterocycles. The second-order valence-electron chi connectivity index (χ2n) is 7.44. The van der Waals surface area contributed by atoms with Crippen molar-refractivity contribution in [3.63, 3.8) is 0 Å². The van der Waals surface area contributed by atoms with Crippen LogP contribution in [0.3, 0.4) is 0 Å². The molecule has 0 aliphatic carbocycles. The fraction of sp³-hybridized carbons (Fsp3) is 0.208. The molecule has 1 amide bonds. The maximum atomic E-state index is 13.2. The Hall–Kier alpha value is -2.39. The van der Waals surface area contributed by atoms with Crippen molar-refractivity contribution >= 4 is 43.5 Å². The van der Waals surface area contributed by atoms with E-state index < -0.39 is 22.0 Å². The van der Waals surface area contributed by atoms with Gasteiger partial charge in [0.25, 0.3) is 0 Å². The molecule has 0 aromatic heterocycles. The van der Waals surface area contributed by atoms with E-state index >= 15 is 0 Å². The molecular formula is C24H24BrClN2O4S. The van der Waals surface area contributed by atoms with Gasteiger partial charge in [-0.1, -0.05) is 70.0 Å². The monoisotopic (exact) mass is 550 g/mol. The van der Waals surface area contributed by atoms with Crippen molar-refractivity contribution in [3.05, 3.63) is 93.4 Å². The topological polar surface area (TPSA) is 84.5 Å². The largest absolute Gasteiger partial charge is 0.495 e. The Morgan fingerprint density at radius 1 is 1.06 bits per heavy atom. The highest BCUT2D eigenvalue weighted by Gasteiger charge is 2.27. The van der Waals surface area contributed by atoms with Gasteiger partial charge in [0, 0.05) is 4.47 Å². The fourth-order valence-corrected chi connectivity index (χ4v) is 5.06. The van der Waals surface area contributed by atoms with Gasteiger partial charge in [-0.05, 0) is 54.8 Å². The number of methoxy groups -OCH3 is 1. The summed E-state index contributed by atoms with van der Waals surface area (Å²) in [4.78, 5) is 13.1. The minimum atomic E-state index is -4.04. The van der Waals surface area contributed by atoms with Crippen molar-refractivity contribution in [2.75, 3.05) is 7.11 Å². The van der Waals surface area contributed by atoms with Crippen LogP contribution in [0, 0.1) is 0 Å². The molecule has 0 bridgehead atoms. The number of sulfonamides is 1. The zero-order valence-corrected chi connectivity index (χ0v) is 21.2. The normalized spacial score (nSPS) is 13.2. The molecule has 3 rings (SSSR count). The molecule has 2 atom stereocenters. The van der Waals surface area contributed by atoms with Crippen LogP contribution >= 0.6 is 27.5 Å². The predicted molar refractivity (Wildman–Crippen MR) is 133 cm³/mol. The Morgan fingerprint density at radius 3 is 2.33 bits per heavy atom. The molecule has 0 radical (unpaired) electrons. The lowest BCUT2D eigenvalue weighted by Gasteiger charge is -2.22. The van der Waals surface area contributed by atoms with Gasteiger partial charge in [0.1, 0.15) is 11.8 Å². The van der Waals surface area contributed by atoms with Gasteiger partial charge in [0.15, 0.2) is 0 Å². The van der Waals surface area contributed by atoms with Crippen LogP contribution in [0.2, 0.25) is 5.02 Å². The van der Waals surface area contributed by atoms with E-state index in [0.29, 0.717) is 5.75 Å². The number of rotatable bonds is 9. The maximum absolute atomic E-state index is 13.2. The van der Waals surface area contributed by atoms with Gasteiger partial charge in [0.05, 0.1) is 23.1 Å². The SMILES string of the molecule is COc1ccc(S(=O)(=O)N[C@H](Cc2ccccc2)C(=O)N[C@@H](C)c2ccc(Br)cc2)cc1Cl. The van der Waals surface area contributed by atoms with Crippen molar-refractivity contribution < 1.29 is 17.9 Å². The molecule has 0 unspecified atom stereocenters. The van der Waals surface area contributed by atoms with Crippen molar-refractivity contribution in [2.45, 2.75) is 30.3 Å². The van der Waals surface area contributed by atoms with Gasteiger partial charge < -0.3 is 10.1 Å². The average molecular weight is 552 g/mol. The van der Waals surface area contributed by atoms with E-state index in [1.54, 1.807) is 0 Å². The quantitative estimate of drug-likeness (QED) is 0.397. The van der Waals surface area contributed by atoms with E-state index in [2.05, 4.69) is 26.0 Å². The number of carbonyl (C=O) groups is 1. The zero-order valence-electron chi connectivity index (χ0n) is 18.1. The van der Waals surface area contributed by atoms with Crippen LogP contribution in [0.25, 0.3) is 0 Å². The number of halogens is 2. The maximum Gasteiger partial charge on any atom is 0.241 e. The summed E-state index contributed by atoms with van der Waals surface area (Å²) in [5.74, 6) is -0.0741. The smallest absolute Gasteiger partial charge is 0.241 e. The van der Waals surface area contributed by atoms with E-state index in [1.807, 2.05) is 61.5 Å². The van der Waals surface area contributed by atoms with Gasteiger partial charge in [-0.15, -0.1) is 0 Å². The molecule has 3 aromatic rings. The summed E-state index contributed by atoms with van der Waals surface area (Å²) < 4.78 is 34.7. The molecule has 0 saturated heterocycles. The average Bonchev–Trinajstić information content (AvgIpc) is 2.79. The molecule has 33 heavy (non-hydrogen) atoms. The summed E-state index contributed by atoms with van der Waals surface area (Å²) in [5, 5.41) is 3.07. The van der Waals surface area contributed by atoms with Crippen molar-refractivity contribution in [1.29, 1.82) is 0 Å². The molecular weight excluding hydrogens is 528 g/mol. The first-order valence-corrected chi connectivity index (χ1v) is 12.8. The van der Waals surface area contributed by atoms with Gasteiger partial charge in [-0.25, -0.2) is 8.42 Å². The number of amides is 1. The summed E-state index contributed by atoms with van der Waals surface area (Å²) in [7, 11) is -2.59. The van der Waals surface area contributed by atoms with Crippen LogP contribution in [0.15, 0.2) is 82.2 Å². The van der Waals surface area contributed by atoms with Crippen LogP contribution in [0.5, 0.6) is 5.75 Å². The highest BCUT2D eigenvalue weighted by atomic mass is 79.9. The Balaban J connectivity index is 1.84. The Kier molecular flexibility index (Phi) is 8.53. The van der Waals surface area contributed by atoms with Crippen LogP contribution in [-0.4, -0.2) is 27.5 Å². The Labute approximate surface area is 207 Å². The molecule has 3 aromatic carbocycles. The van der Waals surface area contributed by atoms with Crippen LogP contribution in [0.4, 0.5) is 0 Å². The zero-order chi connectivity index (χ0) is 24.0. The van der Waals surface area contributed by atoms with E-state index in [0.717, 1.165) is 15.6 Å². The van der Waals surface area contributed by atoms with E-state index in [9.17, 15) is 13.2 Å². The number of carbonyl (C=O) groups excluding carboxylic acids is 1. The molecule has 0 spiro atoms. The molecule has 6 nitrogen and oxygen atoms in total. The molecule has 174 valence electrons. The van der Waals surface area contributed by atoms with Gasteiger partial charge >= 0.3 is 0 Å². The standard InChI is InChI=1S/C24H24BrClN2O4S/c1-16(18-8-10-19(25)11-9-18)27-24(29)22(14-17-6-4-3-5-7-17)28-33(30,31)20-12-13-23(32-2)21(26)15-20/h3-13,15-16,22,28H,14H2,1-2H3,(H,27,29)/t16-,22+/m0/s1. The summed E-state index contributed by atoms with van der Waals surface area (Å²) >= 11 is 9.51. The van der Waals surface area contributed by atoms with Gasteiger partial charge in [0.2, 0.25) is 15.9 Å². The van der Waals surface area contributed by atoms with Gasteiger partial charge in [-0.2, -0.15) is 4.72 Å². The number of ether oxygens (including phenoxy) is 1. The molecule has 0 heterocycles. The molecule has 0 fully saturated rings. The third kappa shape index (κ3) is 6.80. The highest BCUT2D eigenvalue weighted by Crippen LogP contribution is 2.27. The number of hydrogen-bond acceptors (Lipinski definition) is 4. The van der Waals surface area contributed by atoms with Crippen molar-refractivity contribution in [3.8, 4) is 5.75 Å². The van der Waals surface area contributed by atoms with E-state index in [4.69, 9.17) is 16.3 Å². The first-order chi connectivity index (χ1) is 15.7. The summed E-state index contributed by atoms with van der Waals surface area (Å²) in [6.45, 7) is 1.85. The third-order valence-corrected chi connectivity index (χ3v) is 7.35. The second kappa shape index (κ2) is 11.2. The molecule has 0 saturated carbocycles. The lowest BCUT2D eigenvalue weighted by atomic mass is 10.0. The third-order valence-electron chi connectivity index (χ3n) is 5.06. The van der Waals surface area contributed by atoms with Gasteiger partial charge in [-0.3, -0.25) is 4.79 Å². The molecule has 0 aliphatic rings. The molecule has 2 N–H and O–H groups in total. The number of benzene rings is 3. The number of nitrogens with one attached hydrogen (secondary N) is 2. The van der Waals surface area contributed by atoms with Crippen LogP contribution in [-0.2, 0) is 21.2 Å². The summed E-state index contributed by atoms with van der Waals surface area (Å²) in [6, 6.07) is 19.6. The first-order valence-electron chi connectivity index (χ1n) is 10.1. The Bertz CT molecular complexity index is 1200. The van der Waals surface area contributed by atoms with Crippen LogP contribution < -0.4 is 14.8 Å². The highest BCUT2D eigenvalue weighted by molar-refractivity contribution is 9.10. The summed E-state index contributed by atoms with van der Waals surface area (Å²) in [6.07, 6.45) is 0.183. The lowest BCUT2D eigenvalue weighted by Crippen LogP contribution is -2.48. The fourth-order valence-electron chi connectivity index (χ4n) is 3.26. The lowest BCUT2D eigenvalue weighted by molar-refractivity contribution is -0.123. The summed E-state index contributed by atoms with van der Waals surface area (Å²) in [5.41, 5.74) is 1.72.